The molecular weight excluding hydrogens is 283 g/mol. The van der Waals surface area contributed by atoms with Crippen molar-refractivity contribution in [3.63, 3.8) is 0 Å². The van der Waals surface area contributed by atoms with E-state index in [1.807, 2.05) is 0 Å². The van der Waals surface area contributed by atoms with Crippen LogP contribution in [0.1, 0.15) is 22.5 Å². The molecule has 0 unspecified atom stereocenters. The highest BCUT2D eigenvalue weighted by Gasteiger charge is 2.29. The molecule has 0 aliphatic carbocycles. The highest BCUT2D eigenvalue weighted by molar-refractivity contribution is 5.24. The Hall–Kier alpha value is -1.92. The number of alkyl halides is 3. The molecule has 1 aromatic heterocycles. The Balaban J connectivity index is 1.88. The molecule has 21 heavy (non-hydrogen) atoms. The number of hydrogen-bond acceptors (Lipinski definition) is 3. The largest absolute Gasteiger partial charge is 0.416 e. The highest BCUT2D eigenvalue weighted by Crippen LogP contribution is 2.29. The Bertz CT molecular complexity index is 582. The summed E-state index contributed by atoms with van der Waals surface area (Å²) in [7, 11) is 0. The number of pyridine rings is 1. The number of hydrogen-bond donors (Lipinski definition) is 1. The van der Waals surface area contributed by atoms with Gasteiger partial charge >= 0.3 is 6.18 Å². The van der Waals surface area contributed by atoms with Crippen LogP contribution in [0.15, 0.2) is 42.5 Å². The van der Waals surface area contributed by atoms with Gasteiger partial charge in [0.2, 0.25) is 0 Å². The van der Waals surface area contributed by atoms with Gasteiger partial charge in [-0.1, -0.05) is 18.2 Å². The van der Waals surface area contributed by atoms with Crippen LogP contribution in [0.25, 0.3) is 0 Å². The number of aliphatic hydroxyl groups excluding tert-OH is 1. The van der Waals surface area contributed by atoms with E-state index in [4.69, 9.17) is 9.84 Å². The van der Waals surface area contributed by atoms with Crippen LogP contribution in [0.3, 0.4) is 0 Å². The smallest absolute Gasteiger partial charge is 0.390 e. The first-order valence-electron chi connectivity index (χ1n) is 6.28. The SMILES string of the molecule is OCc1cccc(COCc2ccc(C(F)(F)F)cc2)n1. The zero-order chi connectivity index (χ0) is 15.3. The average Bonchev–Trinajstić information content (AvgIpc) is 2.47. The summed E-state index contributed by atoms with van der Waals surface area (Å²) in [6.07, 6.45) is -4.33. The fourth-order valence-corrected chi connectivity index (χ4v) is 1.76. The van der Waals surface area contributed by atoms with Crippen molar-refractivity contribution in [3.8, 4) is 0 Å². The molecule has 0 radical (unpaired) electrons. The van der Waals surface area contributed by atoms with Crippen molar-refractivity contribution in [1.82, 2.24) is 4.98 Å². The molecular formula is C15H14F3NO2. The second-order valence-corrected chi connectivity index (χ2v) is 4.47. The lowest BCUT2D eigenvalue weighted by Gasteiger charge is -2.08. The molecule has 0 saturated heterocycles. The minimum atomic E-state index is -4.33. The summed E-state index contributed by atoms with van der Waals surface area (Å²) >= 11 is 0. The lowest BCUT2D eigenvalue weighted by atomic mass is 10.1. The van der Waals surface area contributed by atoms with Crippen LogP contribution in [0.5, 0.6) is 0 Å². The fourth-order valence-electron chi connectivity index (χ4n) is 1.76. The Morgan fingerprint density at radius 1 is 0.952 bits per heavy atom. The van der Waals surface area contributed by atoms with E-state index in [2.05, 4.69) is 4.98 Å². The normalized spacial score (nSPS) is 11.6. The van der Waals surface area contributed by atoms with Gasteiger partial charge < -0.3 is 9.84 Å². The summed E-state index contributed by atoms with van der Waals surface area (Å²) in [4.78, 5) is 4.15. The summed E-state index contributed by atoms with van der Waals surface area (Å²) in [5.41, 5.74) is 1.18. The number of halogens is 3. The first-order chi connectivity index (χ1) is 9.99. The summed E-state index contributed by atoms with van der Waals surface area (Å²) in [6.45, 7) is 0.283. The summed E-state index contributed by atoms with van der Waals surface area (Å²) < 4.78 is 42.6. The molecule has 1 aromatic carbocycles. The third-order valence-electron chi connectivity index (χ3n) is 2.83. The first kappa shape index (κ1) is 15.5. The predicted octanol–water partition coefficient (Wildman–Crippen LogP) is 3.31. The third kappa shape index (κ3) is 4.54. The number of rotatable bonds is 5. The van der Waals surface area contributed by atoms with Crippen LogP contribution in [0.4, 0.5) is 13.2 Å². The molecule has 0 saturated carbocycles. The van der Waals surface area contributed by atoms with E-state index >= 15 is 0 Å². The topological polar surface area (TPSA) is 42.4 Å². The van der Waals surface area contributed by atoms with E-state index in [-0.39, 0.29) is 19.8 Å². The van der Waals surface area contributed by atoms with Crippen molar-refractivity contribution in [2.45, 2.75) is 26.0 Å². The van der Waals surface area contributed by atoms with Crippen LogP contribution in [0, 0.1) is 0 Å². The van der Waals surface area contributed by atoms with Gasteiger partial charge in [-0.05, 0) is 29.8 Å². The highest BCUT2D eigenvalue weighted by atomic mass is 19.4. The lowest BCUT2D eigenvalue weighted by Crippen LogP contribution is -2.05. The van der Waals surface area contributed by atoms with Crippen LogP contribution < -0.4 is 0 Å². The maximum atomic E-state index is 12.4. The van der Waals surface area contributed by atoms with Gasteiger partial charge in [0.25, 0.3) is 0 Å². The zero-order valence-electron chi connectivity index (χ0n) is 11.1. The van der Waals surface area contributed by atoms with Crippen molar-refractivity contribution in [2.24, 2.45) is 0 Å². The number of aliphatic hydroxyl groups is 1. The molecule has 112 valence electrons. The summed E-state index contributed by atoms with van der Waals surface area (Å²) in [6, 6.07) is 10.0. The molecule has 0 aliphatic heterocycles. The molecule has 0 atom stereocenters. The van der Waals surface area contributed by atoms with Crippen molar-refractivity contribution in [2.75, 3.05) is 0 Å². The molecule has 1 N–H and O–H groups in total. The summed E-state index contributed by atoms with van der Waals surface area (Å²) in [5.74, 6) is 0. The van der Waals surface area contributed by atoms with Gasteiger partial charge in [-0.2, -0.15) is 13.2 Å². The first-order valence-corrected chi connectivity index (χ1v) is 6.28. The van der Waals surface area contributed by atoms with Gasteiger partial charge in [0, 0.05) is 0 Å². The van der Waals surface area contributed by atoms with Gasteiger partial charge in [0.15, 0.2) is 0 Å². The average molecular weight is 297 g/mol. The minimum Gasteiger partial charge on any atom is -0.390 e. The van der Waals surface area contributed by atoms with E-state index in [0.717, 1.165) is 12.1 Å². The van der Waals surface area contributed by atoms with Gasteiger partial charge in [0.05, 0.1) is 36.8 Å². The van der Waals surface area contributed by atoms with Crippen molar-refractivity contribution >= 4 is 0 Å². The van der Waals surface area contributed by atoms with Crippen LogP contribution in [0.2, 0.25) is 0 Å². The Kier molecular flexibility index (Phi) is 4.93. The molecule has 3 nitrogen and oxygen atoms in total. The van der Waals surface area contributed by atoms with Crippen LogP contribution in [-0.2, 0) is 30.7 Å². The molecule has 0 fully saturated rings. The zero-order valence-corrected chi connectivity index (χ0v) is 11.1. The van der Waals surface area contributed by atoms with E-state index in [0.29, 0.717) is 17.0 Å². The van der Waals surface area contributed by atoms with Gasteiger partial charge in [-0.25, -0.2) is 0 Å². The van der Waals surface area contributed by atoms with Crippen LogP contribution in [-0.4, -0.2) is 10.1 Å². The van der Waals surface area contributed by atoms with Gasteiger partial charge in [0.1, 0.15) is 0 Å². The Morgan fingerprint density at radius 3 is 2.24 bits per heavy atom. The molecule has 0 amide bonds. The molecule has 0 aliphatic rings. The molecule has 2 rings (SSSR count). The van der Waals surface area contributed by atoms with Crippen molar-refractivity contribution in [1.29, 1.82) is 0 Å². The minimum absolute atomic E-state index is 0.146. The Morgan fingerprint density at radius 2 is 1.62 bits per heavy atom. The number of benzene rings is 1. The monoisotopic (exact) mass is 297 g/mol. The molecule has 2 aromatic rings. The maximum absolute atomic E-state index is 12.4. The second kappa shape index (κ2) is 6.69. The van der Waals surface area contributed by atoms with E-state index < -0.39 is 11.7 Å². The Labute approximate surface area is 120 Å². The molecule has 6 heteroatoms. The van der Waals surface area contributed by atoms with Gasteiger partial charge in [-0.3, -0.25) is 4.98 Å². The number of nitrogens with zero attached hydrogens (tertiary/aromatic N) is 1. The van der Waals surface area contributed by atoms with E-state index in [9.17, 15) is 13.2 Å². The third-order valence-corrected chi connectivity index (χ3v) is 2.83. The fraction of sp³-hybridized carbons (Fsp3) is 0.267. The molecule has 0 spiro atoms. The van der Waals surface area contributed by atoms with E-state index in [1.54, 1.807) is 18.2 Å². The van der Waals surface area contributed by atoms with Gasteiger partial charge in [-0.15, -0.1) is 0 Å². The maximum Gasteiger partial charge on any atom is 0.416 e. The van der Waals surface area contributed by atoms with Crippen LogP contribution >= 0.6 is 0 Å². The molecule has 1 heterocycles. The lowest BCUT2D eigenvalue weighted by molar-refractivity contribution is -0.137. The quantitative estimate of drug-likeness (QED) is 0.920. The standard InChI is InChI=1S/C15H14F3NO2/c16-15(17,18)12-6-4-11(5-7-12)9-21-10-14-3-1-2-13(8-20)19-14/h1-7,20H,8-10H2. The second-order valence-electron chi connectivity index (χ2n) is 4.47. The number of ether oxygens (including phenoxy) is 1. The summed E-state index contributed by atoms with van der Waals surface area (Å²) in [5, 5.41) is 8.96. The predicted molar refractivity (Wildman–Crippen MR) is 70.1 cm³/mol. The van der Waals surface area contributed by atoms with Crippen molar-refractivity contribution in [3.05, 3.63) is 65.0 Å². The number of aromatic nitrogens is 1. The molecule has 0 bridgehead atoms. The van der Waals surface area contributed by atoms with Crippen molar-refractivity contribution < 1.29 is 23.0 Å². The van der Waals surface area contributed by atoms with E-state index in [1.165, 1.54) is 12.1 Å².